The summed E-state index contributed by atoms with van der Waals surface area (Å²) in [4.78, 5) is 0. The smallest absolute Gasteiger partial charge is 0.124 e. The molecule has 1 saturated heterocycles. The molecule has 0 aromatic heterocycles. The summed E-state index contributed by atoms with van der Waals surface area (Å²) >= 11 is 6.26. The van der Waals surface area contributed by atoms with Crippen molar-refractivity contribution in [2.75, 3.05) is 13.7 Å². The number of halogens is 1. The van der Waals surface area contributed by atoms with E-state index >= 15 is 0 Å². The molecule has 1 heterocycles. The molecule has 0 saturated carbocycles. The zero-order valence-corrected chi connectivity index (χ0v) is 13.3. The van der Waals surface area contributed by atoms with E-state index in [2.05, 4.69) is 19.2 Å². The molecule has 1 N–H and O–H groups in total. The summed E-state index contributed by atoms with van der Waals surface area (Å²) in [5.74, 6) is 0.843. The molecule has 0 amide bonds. The van der Waals surface area contributed by atoms with Gasteiger partial charge in [0.1, 0.15) is 5.75 Å². The summed E-state index contributed by atoms with van der Waals surface area (Å²) in [6, 6.07) is 6.23. The van der Waals surface area contributed by atoms with Crippen LogP contribution in [0.5, 0.6) is 5.75 Å². The van der Waals surface area contributed by atoms with Crippen LogP contribution in [0, 0.1) is 0 Å². The van der Waals surface area contributed by atoms with Gasteiger partial charge < -0.3 is 14.8 Å². The second kappa shape index (κ2) is 6.79. The van der Waals surface area contributed by atoms with Gasteiger partial charge in [-0.1, -0.05) is 24.6 Å². The molecule has 2 rings (SSSR count). The number of nitrogens with one attached hydrogen (secondary N) is 1. The van der Waals surface area contributed by atoms with Gasteiger partial charge in [-0.3, -0.25) is 0 Å². The Labute approximate surface area is 126 Å². The summed E-state index contributed by atoms with van der Waals surface area (Å²) in [7, 11) is 1.68. The molecule has 0 spiro atoms. The average molecular weight is 298 g/mol. The lowest BCUT2D eigenvalue weighted by Crippen LogP contribution is -2.44. The van der Waals surface area contributed by atoms with Gasteiger partial charge in [0.05, 0.1) is 12.7 Å². The fourth-order valence-electron chi connectivity index (χ4n) is 2.70. The molecular weight excluding hydrogens is 274 g/mol. The van der Waals surface area contributed by atoms with E-state index in [1.165, 1.54) is 0 Å². The molecule has 1 aliphatic rings. The SMILES string of the molecule is CCC1(C)CC(NCc2c(Cl)cccc2OC)CCO1. The first kappa shape index (κ1) is 15.6. The van der Waals surface area contributed by atoms with E-state index in [4.69, 9.17) is 21.1 Å². The van der Waals surface area contributed by atoms with Crippen molar-refractivity contribution in [3.63, 3.8) is 0 Å². The molecule has 4 heteroatoms. The lowest BCUT2D eigenvalue weighted by atomic mass is 9.90. The molecule has 1 fully saturated rings. The maximum absolute atomic E-state index is 6.26. The summed E-state index contributed by atoms with van der Waals surface area (Å²) in [5.41, 5.74) is 1.03. The Morgan fingerprint density at radius 1 is 1.50 bits per heavy atom. The monoisotopic (exact) mass is 297 g/mol. The maximum Gasteiger partial charge on any atom is 0.124 e. The van der Waals surface area contributed by atoms with E-state index in [1.807, 2.05) is 18.2 Å². The highest BCUT2D eigenvalue weighted by atomic mass is 35.5. The summed E-state index contributed by atoms with van der Waals surface area (Å²) < 4.78 is 11.3. The van der Waals surface area contributed by atoms with Gasteiger partial charge in [0, 0.05) is 29.8 Å². The Balaban J connectivity index is 1.99. The molecule has 2 atom stereocenters. The van der Waals surface area contributed by atoms with Crippen LogP contribution in [0.15, 0.2) is 18.2 Å². The summed E-state index contributed by atoms with van der Waals surface area (Å²) in [6.45, 7) is 5.92. The number of ether oxygens (including phenoxy) is 2. The van der Waals surface area contributed by atoms with Crippen molar-refractivity contribution >= 4 is 11.6 Å². The third kappa shape index (κ3) is 3.66. The Morgan fingerprint density at radius 3 is 3.00 bits per heavy atom. The van der Waals surface area contributed by atoms with Gasteiger partial charge in [-0.25, -0.2) is 0 Å². The Morgan fingerprint density at radius 2 is 2.30 bits per heavy atom. The summed E-state index contributed by atoms with van der Waals surface area (Å²) in [6.07, 6.45) is 3.12. The van der Waals surface area contributed by atoms with Crippen molar-refractivity contribution in [1.29, 1.82) is 0 Å². The molecule has 2 unspecified atom stereocenters. The van der Waals surface area contributed by atoms with Crippen LogP contribution in [-0.4, -0.2) is 25.4 Å². The molecule has 0 aliphatic carbocycles. The fraction of sp³-hybridized carbons (Fsp3) is 0.625. The van der Waals surface area contributed by atoms with Gasteiger partial charge in [0.2, 0.25) is 0 Å². The number of hydrogen-bond donors (Lipinski definition) is 1. The predicted molar refractivity (Wildman–Crippen MR) is 82.5 cm³/mol. The van der Waals surface area contributed by atoms with Gasteiger partial charge in [-0.2, -0.15) is 0 Å². The average Bonchev–Trinajstić information content (AvgIpc) is 2.46. The van der Waals surface area contributed by atoms with Crippen LogP contribution in [0.25, 0.3) is 0 Å². The molecule has 3 nitrogen and oxygen atoms in total. The normalized spacial score (nSPS) is 26.5. The first-order valence-corrected chi connectivity index (χ1v) is 7.64. The van der Waals surface area contributed by atoms with Crippen LogP contribution in [-0.2, 0) is 11.3 Å². The van der Waals surface area contributed by atoms with Crippen LogP contribution in [0.2, 0.25) is 5.02 Å². The quantitative estimate of drug-likeness (QED) is 0.897. The Kier molecular flexibility index (Phi) is 5.30. The topological polar surface area (TPSA) is 30.5 Å². The molecule has 1 aromatic carbocycles. The van der Waals surface area contributed by atoms with E-state index < -0.39 is 0 Å². The zero-order chi connectivity index (χ0) is 14.6. The minimum Gasteiger partial charge on any atom is -0.496 e. The number of hydrogen-bond acceptors (Lipinski definition) is 3. The van der Waals surface area contributed by atoms with Gasteiger partial charge in [0.25, 0.3) is 0 Å². The van der Waals surface area contributed by atoms with E-state index in [9.17, 15) is 0 Å². The Hall–Kier alpha value is -0.770. The van der Waals surface area contributed by atoms with Crippen molar-refractivity contribution in [3.05, 3.63) is 28.8 Å². The molecule has 112 valence electrons. The Bertz CT molecular complexity index is 452. The molecule has 20 heavy (non-hydrogen) atoms. The number of rotatable bonds is 5. The molecule has 0 radical (unpaired) electrons. The molecular formula is C16H24ClNO2. The number of benzene rings is 1. The van der Waals surface area contributed by atoms with Crippen LogP contribution in [0.1, 0.15) is 38.7 Å². The molecule has 1 aliphatic heterocycles. The highest BCUT2D eigenvalue weighted by Crippen LogP contribution is 2.29. The van der Waals surface area contributed by atoms with Crippen molar-refractivity contribution in [2.45, 2.75) is 51.3 Å². The fourth-order valence-corrected chi connectivity index (χ4v) is 2.93. The first-order valence-electron chi connectivity index (χ1n) is 7.26. The van der Waals surface area contributed by atoms with Crippen molar-refractivity contribution in [2.24, 2.45) is 0 Å². The van der Waals surface area contributed by atoms with Gasteiger partial charge >= 0.3 is 0 Å². The maximum atomic E-state index is 6.26. The van der Waals surface area contributed by atoms with E-state index in [0.717, 1.165) is 48.7 Å². The van der Waals surface area contributed by atoms with Crippen LogP contribution in [0.4, 0.5) is 0 Å². The van der Waals surface area contributed by atoms with Gasteiger partial charge in [-0.05, 0) is 38.3 Å². The molecule has 1 aromatic rings. The highest BCUT2D eigenvalue weighted by Gasteiger charge is 2.31. The molecule has 0 bridgehead atoms. The van der Waals surface area contributed by atoms with Crippen LogP contribution >= 0.6 is 11.6 Å². The minimum absolute atomic E-state index is 0.000482. The van der Waals surface area contributed by atoms with Gasteiger partial charge in [0.15, 0.2) is 0 Å². The zero-order valence-electron chi connectivity index (χ0n) is 12.5. The van der Waals surface area contributed by atoms with Crippen molar-refractivity contribution < 1.29 is 9.47 Å². The lowest BCUT2D eigenvalue weighted by Gasteiger charge is -2.38. The third-order valence-electron chi connectivity index (χ3n) is 4.21. The highest BCUT2D eigenvalue weighted by molar-refractivity contribution is 6.31. The van der Waals surface area contributed by atoms with Crippen LogP contribution in [0.3, 0.4) is 0 Å². The van der Waals surface area contributed by atoms with Gasteiger partial charge in [-0.15, -0.1) is 0 Å². The lowest BCUT2D eigenvalue weighted by molar-refractivity contribution is -0.0781. The predicted octanol–water partition coefficient (Wildman–Crippen LogP) is 3.79. The van der Waals surface area contributed by atoms with Crippen molar-refractivity contribution in [3.8, 4) is 5.75 Å². The van der Waals surface area contributed by atoms with Crippen molar-refractivity contribution in [1.82, 2.24) is 5.32 Å². The largest absolute Gasteiger partial charge is 0.496 e. The van der Waals surface area contributed by atoms with E-state index in [0.29, 0.717) is 6.04 Å². The standard InChI is InChI=1S/C16H24ClNO2/c1-4-16(2)10-12(8-9-20-16)18-11-13-14(17)6-5-7-15(13)19-3/h5-7,12,18H,4,8-11H2,1-3H3. The van der Waals surface area contributed by atoms with E-state index in [-0.39, 0.29) is 5.60 Å². The second-order valence-corrected chi connectivity index (χ2v) is 6.05. The number of methoxy groups -OCH3 is 1. The third-order valence-corrected chi connectivity index (χ3v) is 4.56. The first-order chi connectivity index (χ1) is 9.58. The minimum atomic E-state index is 0.000482. The van der Waals surface area contributed by atoms with Crippen LogP contribution < -0.4 is 10.1 Å². The summed E-state index contributed by atoms with van der Waals surface area (Å²) in [5, 5.41) is 4.35. The van der Waals surface area contributed by atoms with E-state index in [1.54, 1.807) is 7.11 Å². The second-order valence-electron chi connectivity index (χ2n) is 5.64.